The van der Waals surface area contributed by atoms with Crippen LogP contribution in [0.2, 0.25) is 0 Å². The highest BCUT2D eigenvalue weighted by Gasteiger charge is 2.64. The molecule has 1 aliphatic rings. The van der Waals surface area contributed by atoms with Gasteiger partial charge in [0.1, 0.15) is 17.2 Å². The van der Waals surface area contributed by atoms with Crippen LogP contribution in [0.25, 0.3) is 0 Å². The number of halogens is 4. The number of alkyl halides is 3. The van der Waals surface area contributed by atoms with E-state index in [1.54, 1.807) is 0 Å². The van der Waals surface area contributed by atoms with E-state index in [0.29, 0.717) is 6.54 Å². The average Bonchev–Trinajstić information content (AvgIpc) is 3.17. The van der Waals surface area contributed by atoms with Crippen LogP contribution in [-0.4, -0.2) is 29.2 Å². The first-order valence-corrected chi connectivity index (χ1v) is 6.58. The molecule has 2 N–H and O–H groups in total. The summed E-state index contributed by atoms with van der Waals surface area (Å²) in [6.07, 6.45) is -3.20. The molecule has 2 rings (SSSR count). The Balaban J connectivity index is 2.21. The van der Waals surface area contributed by atoms with Crippen LogP contribution >= 0.6 is 0 Å². The van der Waals surface area contributed by atoms with Crippen LogP contribution in [0, 0.1) is 5.82 Å². The number of hydrogen-bond donors (Lipinski definition) is 2. The SMILES string of the molecule is CCCNc1ncc(F)cc1C(=O)NC1(C(F)(F)F)CC1. The molecule has 8 heteroatoms. The molecule has 0 spiro atoms. The van der Waals surface area contributed by atoms with Crippen LogP contribution in [0.3, 0.4) is 0 Å². The highest BCUT2D eigenvalue weighted by atomic mass is 19.4. The summed E-state index contributed by atoms with van der Waals surface area (Å²) in [4.78, 5) is 15.7. The molecule has 0 aliphatic heterocycles. The van der Waals surface area contributed by atoms with Gasteiger partial charge in [0.05, 0.1) is 11.8 Å². The predicted octanol–water partition coefficient (Wildman–Crippen LogP) is 2.87. The van der Waals surface area contributed by atoms with E-state index in [4.69, 9.17) is 0 Å². The fourth-order valence-corrected chi connectivity index (χ4v) is 1.89. The van der Waals surface area contributed by atoms with Crippen molar-refractivity contribution in [3.05, 3.63) is 23.6 Å². The minimum absolute atomic E-state index is 0.0775. The van der Waals surface area contributed by atoms with Crippen LogP contribution < -0.4 is 10.6 Å². The van der Waals surface area contributed by atoms with Gasteiger partial charge in [0.2, 0.25) is 0 Å². The van der Waals surface area contributed by atoms with E-state index in [-0.39, 0.29) is 24.2 Å². The van der Waals surface area contributed by atoms with Gasteiger partial charge in [0, 0.05) is 6.54 Å². The zero-order valence-corrected chi connectivity index (χ0v) is 11.4. The lowest BCUT2D eigenvalue weighted by Crippen LogP contribution is -2.48. The quantitative estimate of drug-likeness (QED) is 0.823. The summed E-state index contributed by atoms with van der Waals surface area (Å²) in [7, 11) is 0. The minimum atomic E-state index is -4.51. The Morgan fingerprint density at radius 1 is 1.43 bits per heavy atom. The number of pyridine rings is 1. The average molecular weight is 305 g/mol. The van der Waals surface area contributed by atoms with Gasteiger partial charge in [-0.15, -0.1) is 0 Å². The zero-order valence-electron chi connectivity index (χ0n) is 11.4. The van der Waals surface area contributed by atoms with E-state index in [1.807, 2.05) is 12.2 Å². The van der Waals surface area contributed by atoms with Crippen molar-refractivity contribution in [3.63, 3.8) is 0 Å². The van der Waals surface area contributed by atoms with Crippen molar-refractivity contribution < 1.29 is 22.4 Å². The topological polar surface area (TPSA) is 54.0 Å². The van der Waals surface area contributed by atoms with Gasteiger partial charge in [-0.3, -0.25) is 4.79 Å². The lowest BCUT2D eigenvalue weighted by Gasteiger charge is -2.21. The van der Waals surface area contributed by atoms with Crippen molar-refractivity contribution in [2.75, 3.05) is 11.9 Å². The summed E-state index contributed by atoms with van der Waals surface area (Å²) >= 11 is 0. The molecule has 0 atom stereocenters. The van der Waals surface area contributed by atoms with Crippen molar-refractivity contribution in [2.24, 2.45) is 0 Å². The number of amides is 1. The molecule has 1 aromatic rings. The number of nitrogens with zero attached hydrogens (tertiary/aromatic N) is 1. The fraction of sp³-hybridized carbons (Fsp3) is 0.538. The van der Waals surface area contributed by atoms with Crippen molar-refractivity contribution >= 4 is 11.7 Å². The number of carbonyl (C=O) groups excluding carboxylic acids is 1. The Hall–Kier alpha value is -1.86. The molecule has 116 valence electrons. The van der Waals surface area contributed by atoms with Gasteiger partial charge >= 0.3 is 6.18 Å². The van der Waals surface area contributed by atoms with Gasteiger partial charge in [-0.25, -0.2) is 9.37 Å². The summed E-state index contributed by atoms with van der Waals surface area (Å²) in [5.41, 5.74) is -2.41. The molecule has 1 amide bonds. The number of anilines is 1. The molecule has 21 heavy (non-hydrogen) atoms. The van der Waals surface area contributed by atoms with E-state index in [9.17, 15) is 22.4 Å². The predicted molar refractivity (Wildman–Crippen MR) is 68.5 cm³/mol. The van der Waals surface area contributed by atoms with Crippen LogP contribution in [-0.2, 0) is 0 Å². The van der Waals surface area contributed by atoms with Crippen LogP contribution in [0.15, 0.2) is 12.3 Å². The first-order valence-electron chi connectivity index (χ1n) is 6.58. The number of hydrogen-bond acceptors (Lipinski definition) is 3. The third-order valence-electron chi connectivity index (χ3n) is 3.29. The zero-order chi connectivity index (χ0) is 15.7. The molecule has 0 radical (unpaired) electrons. The number of carbonyl (C=O) groups is 1. The van der Waals surface area contributed by atoms with Gasteiger partial charge < -0.3 is 10.6 Å². The van der Waals surface area contributed by atoms with Crippen molar-refractivity contribution in [2.45, 2.75) is 37.9 Å². The standard InChI is InChI=1S/C13H15F4N3O/c1-2-5-18-10-9(6-8(14)7-19-10)11(21)20-12(3-4-12)13(15,16)17/h6-7H,2-5H2,1H3,(H,18,19)(H,20,21). The van der Waals surface area contributed by atoms with Crippen LogP contribution in [0.5, 0.6) is 0 Å². The smallest absolute Gasteiger partial charge is 0.369 e. The van der Waals surface area contributed by atoms with Crippen molar-refractivity contribution in [1.29, 1.82) is 0 Å². The van der Waals surface area contributed by atoms with Crippen LogP contribution in [0.4, 0.5) is 23.4 Å². The molecule has 1 fully saturated rings. The normalized spacial score (nSPS) is 16.4. The molecular weight excluding hydrogens is 290 g/mol. The Kier molecular flexibility index (Phi) is 4.06. The molecule has 0 bridgehead atoms. The summed E-state index contributed by atoms with van der Waals surface area (Å²) in [5, 5.41) is 4.75. The second-order valence-electron chi connectivity index (χ2n) is 5.01. The lowest BCUT2D eigenvalue weighted by molar-refractivity contribution is -0.163. The number of aromatic nitrogens is 1. The minimum Gasteiger partial charge on any atom is -0.369 e. The van der Waals surface area contributed by atoms with Gasteiger partial charge in [-0.2, -0.15) is 13.2 Å². The van der Waals surface area contributed by atoms with Crippen molar-refractivity contribution in [3.8, 4) is 0 Å². The molecule has 0 aromatic carbocycles. The molecule has 0 unspecified atom stereocenters. The van der Waals surface area contributed by atoms with Crippen molar-refractivity contribution in [1.82, 2.24) is 10.3 Å². The first kappa shape index (κ1) is 15.5. The highest BCUT2D eigenvalue weighted by Crippen LogP contribution is 2.49. The molecule has 1 saturated carbocycles. The molecule has 1 aromatic heterocycles. The summed E-state index contributed by atoms with van der Waals surface area (Å²) in [5.74, 6) is -1.68. The molecular formula is C13H15F4N3O. The third-order valence-corrected chi connectivity index (χ3v) is 3.29. The van der Waals surface area contributed by atoms with E-state index in [2.05, 4.69) is 10.3 Å². The summed E-state index contributed by atoms with van der Waals surface area (Å²) in [6, 6.07) is 0.882. The Morgan fingerprint density at radius 2 is 2.10 bits per heavy atom. The van der Waals surface area contributed by atoms with E-state index in [1.165, 1.54) is 0 Å². The van der Waals surface area contributed by atoms with Gasteiger partial charge in [0.15, 0.2) is 0 Å². The van der Waals surface area contributed by atoms with Crippen LogP contribution in [0.1, 0.15) is 36.5 Å². The Labute approximate surface area is 118 Å². The Morgan fingerprint density at radius 3 is 2.62 bits per heavy atom. The van der Waals surface area contributed by atoms with Gasteiger partial charge in [-0.1, -0.05) is 6.92 Å². The number of rotatable bonds is 5. The molecule has 1 aliphatic carbocycles. The van der Waals surface area contributed by atoms with E-state index in [0.717, 1.165) is 18.7 Å². The van der Waals surface area contributed by atoms with E-state index >= 15 is 0 Å². The van der Waals surface area contributed by atoms with Gasteiger partial charge in [-0.05, 0) is 25.3 Å². The Bertz CT molecular complexity index is 541. The maximum atomic E-state index is 13.2. The second kappa shape index (κ2) is 5.50. The number of nitrogens with one attached hydrogen (secondary N) is 2. The maximum absolute atomic E-state index is 13.2. The third kappa shape index (κ3) is 3.25. The fourth-order valence-electron chi connectivity index (χ4n) is 1.89. The lowest BCUT2D eigenvalue weighted by atomic mass is 10.2. The molecule has 1 heterocycles. The van der Waals surface area contributed by atoms with E-state index < -0.39 is 23.4 Å². The summed E-state index contributed by atoms with van der Waals surface area (Å²) in [6.45, 7) is 2.35. The largest absolute Gasteiger partial charge is 0.411 e. The molecule has 4 nitrogen and oxygen atoms in total. The summed E-state index contributed by atoms with van der Waals surface area (Å²) < 4.78 is 51.7. The maximum Gasteiger partial charge on any atom is 0.411 e. The molecule has 0 saturated heterocycles. The first-order chi connectivity index (χ1) is 9.79. The monoisotopic (exact) mass is 305 g/mol. The highest BCUT2D eigenvalue weighted by molar-refractivity contribution is 5.99. The van der Waals surface area contributed by atoms with Gasteiger partial charge in [0.25, 0.3) is 5.91 Å². The second-order valence-corrected chi connectivity index (χ2v) is 5.01.